The Hall–Kier alpha value is -7.40. The smallest absolute Gasteiger partial charge is 0.0725 e. The molecule has 0 N–H and O–H groups in total. The van der Waals surface area contributed by atoms with Gasteiger partial charge in [-0.2, -0.15) is 0 Å². The zero-order chi connectivity index (χ0) is 39.3. The minimum absolute atomic E-state index is 0.145. The van der Waals surface area contributed by atoms with Gasteiger partial charge in [-0.05, 0) is 120 Å². The Balaban J connectivity index is 1.14. The van der Waals surface area contributed by atoms with E-state index < -0.39 is 5.41 Å². The van der Waals surface area contributed by atoms with Crippen LogP contribution in [0.3, 0.4) is 0 Å². The van der Waals surface area contributed by atoms with Crippen LogP contribution in [-0.4, -0.2) is 0 Å². The first-order valence-electron chi connectivity index (χ1n) is 20.6. The second-order valence-electron chi connectivity index (χ2n) is 16.6. The second kappa shape index (κ2) is 12.5. The Kier molecular flexibility index (Phi) is 7.17. The highest BCUT2D eigenvalue weighted by Crippen LogP contribution is 2.62. The summed E-state index contributed by atoms with van der Waals surface area (Å²) in [5.41, 5.74) is 23.0. The summed E-state index contributed by atoms with van der Waals surface area (Å²) < 4.78 is 0. The second-order valence-corrected chi connectivity index (χ2v) is 16.6. The van der Waals surface area contributed by atoms with Gasteiger partial charge in [0.1, 0.15) is 0 Å². The first-order chi connectivity index (χ1) is 29.0. The Bertz CT molecular complexity index is 3100. The number of fused-ring (bicyclic) bond motifs is 15. The predicted molar refractivity (Wildman–Crippen MR) is 244 cm³/mol. The molecular weight excluding hydrogens is 711 g/mol. The van der Waals surface area contributed by atoms with Crippen molar-refractivity contribution < 1.29 is 0 Å². The molecule has 0 aliphatic heterocycles. The molecule has 12 rings (SSSR count). The molecular formula is C58H39N. The van der Waals surface area contributed by atoms with Crippen molar-refractivity contribution in [2.24, 2.45) is 0 Å². The fraction of sp³-hybridized carbons (Fsp3) is 0.0690. The topological polar surface area (TPSA) is 3.24 Å². The number of hydrogen-bond acceptors (Lipinski definition) is 1. The summed E-state index contributed by atoms with van der Waals surface area (Å²) >= 11 is 0. The van der Waals surface area contributed by atoms with E-state index in [0.29, 0.717) is 0 Å². The van der Waals surface area contributed by atoms with E-state index in [1.165, 1.54) is 77.9 Å². The van der Waals surface area contributed by atoms with E-state index >= 15 is 0 Å². The summed E-state index contributed by atoms with van der Waals surface area (Å²) in [5, 5.41) is 0. The zero-order valence-corrected chi connectivity index (χ0v) is 33.0. The third-order valence-electron chi connectivity index (χ3n) is 13.4. The Morgan fingerprint density at radius 2 is 0.797 bits per heavy atom. The van der Waals surface area contributed by atoms with Crippen LogP contribution in [0.25, 0.3) is 55.6 Å². The van der Waals surface area contributed by atoms with Crippen LogP contribution in [0.5, 0.6) is 0 Å². The van der Waals surface area contributed by atoms with Gasteiger partial charge in [-0.1, -0.05) is 184 Å². The third kappa shape index (κ3) is 4.63. The van der Waals surface area contributed by atoms with E-state index in [1.807, 2.05) is 12.1 Å². The molecule has 0 amide bonds. The van der Waals surface area contributed by atoms with E-state index in [0.717, 1.165) is 28.2 Å². The summed E-state index contributed by atoms with van der Waals surface area (Å²) in [6, 6.07) is 81.0. The molecule has 9 aromatic rings. The number of para-hydroxylation sites is 1. The van der Waals surface area contributed by atoms with Crippen LogP contribution in [0, 0.1) is 12.1 Å². The first kappa shape index (κ1) is 33.7. The van der Waals surface area contributed by atoms with Crippen LogP contribution in [0.4, 0.5) is 17.1 Å². The molecule has 0 unspecified atom stereocenters. The minimum Gasteiger partial charge on any atom is -0.310 e. The molecule has 0 saturated carbocycles. The first-order valence-corrected chi connectivity index (χ1v) is 20.6. The van der Waals surface area contributed by atoms with Gasteiger partial charge in [-0.15, -0.1) is 0 Å². The number of hydrogen-bond donors (Lipinski definition) is 0. The van der Waals surface area contributed by atoms with Crippen LogP contribution >= 0.6 is 0 Å². The fourth-order valence-electron chi connectivity index (χ4n) is 10.8. The molecule has 0 fully saturated rings. The number of rotatable bonds is 4. The Morgan fingerprint density at radius 1 is 0.356 bits per heavy atom. The molecule has 0 saturated heterocycles. The zero-order valence-electron chi connectivity index (χ0n) is 33.0. The lowest BCUT2D eigenvalue weighted by Gasteiger charge is -2.35. The highest BCUT2D eigenvalue weighted by atomic mass is 15.1. The Labute approximate surface area is 346 Å². The summed E-state index contributed by atoms with van der Waals surface area (Å²) in [4.78, 5) is 2.46. The average Bonchev–Trinajstić information content (AvgIpc) is 3.68. The third-order valence-corrected chi connectivity index (χ3v) is 13.4. The maximum absolute atomic E-state index is 3.42. The van der Waals surface area contributed by atoms with Gasteiger partial charge in [0.2, 0.25) is 0 Å². The lowest BCUT2D eigenvalue weighted by molar-refractivity contribution is 0.660. The number of nitrogens with zero attached hydrogens (tertiary/aromatic N) is 1. The van der Waals surface area contributed by atoms with Gasteiger partial charge in [-0.3, -0.25) is 0 Å². The number of anilines is 3. The summed E-state index contributed by atoms with van der Waals surface area (Å²) in [5.74, 6) is 0. The van der Waals surface area contributed by atoms with Crippen molar-refractivity contribution in [3.05, 3.63) is 246 Å². The van der Waals surface area contributed by atoms with Crippen LogP contribution in [-0.2, 0) is 10.8 Å². The summed E-state index contributed by atoms with van der Waals surface area (Å²) in [6.45, 7) is 4.72. The molecule has 3 aliphatic rings. The summed E-state index contributed by atoms with van der Waals surface area (Å²) in [6.07, 6.45) is 0. The van der Waals surface area contributed by atoms with Crippen molar-refractivity contribution in [2.45, 2.75) is 24.7 Å². The minimum atomic E-state index is -0.494. The standard InChI is InChI=1S/C58H39N/c1-57(2)50-26-12-6-22-44(50)48-35-33-40(37-55(48)57)59(56-31-17-11-20-41(56)38-18-4-3-5-19-38)39-32-34-42-43-21-7-13-27-51(43)58(54-30-16-10-25-47(54)49(42)36-39)52-28-14-8-23-45(52)46-24-9-15-29-53(46)58/h3-4,6-18,20-37H,1-2H3. The number of benzene rings is 8. The van der Waals surface area contributed by atoms with Crippen molar-refractivity contribution in [3.63, 3.8) is 0 Å². The van der Waals surface area contributed by atoms with E-state index in [2.05, 4.69) is 219 Å². The van der Waals surface area contributed by atoms with Crippen molar-refractivity contribution in [3.8, 4) is 55.6 Å². The van der Waals surface area contributed by atoms with Crippen LogP contribution in [0.2, 0.25) is 0 Å². The Morgan fingerprint density at radius 3 is 1.37 bits per heavy atom. The van der Waals surface area contributed by atoms with Gasteiger partial charge in [-0.25, -0.2) is 0 Å². The molecule has 276 valence electrons. The molecule has 0 heterocycles. The molecule has 59 heavy (non-hydrogen) atoms. The maximum atomic E-state index is 3.42. The largest absolute Gasteiger partial charge is 0.310 e. The van der Waals surface area contributed by atoms with Crippen LogP contribution < -0.4 is 4.90 Å². The van der Waals surface area contributed by atoms with Gasteiger partial charge in [0.15, 0.2) is 0 Å². The predicted octanol–water partition coefficient (Wildman–Crippen LogP) is 14.7. The normalized spacial score (nSPS) is 14.1. The molecule has 1 spiro atoms. The quantitative estimate of drug-likeness (QED) is 0.173. The highest BCUT2D eigenvalue weighted by molar-refractivity contribution is 5.99. The van der Waals surface area contributed by atoms with Gasteiger partial charge in [0.25, 0.3) is 0 Å². The van der Waals surface area contributed by atoms with Crippen molar-refractivity contribution in [1.82, 2.24) is 0 Å². The van der Waals surface area contributed by atoms with Gasteiger partial charge < -0.3 is 4.90 Å². The summed E-state index contributed by atoms with van der Waals surface area (Å²) in [7, 11) is 0. The van der Waals surface area contributed by atoms with Crippen molar-refractivity contribution in [2.75, 3.05) is 4.90 Å². The van der Waals surface area contributed by atoms with Crippen molar-refractivity contribution in [1.29, 1.82) is 0 Å². The van der Waals surface area contributed by atoms with Gasteiger partial charge in [0, 0.05) is 27.9 Å². The van der Waals surface area contributed by atoms with E-state index in [9.17, 15) is 0 Å². The maximum Gasteiger partial charge on any atom is 0.0725 e. The molecule has 0 aromatic heterocycles. The molecule has 3 aliphatic carbocycles. The molecule has 0 bridgehead atoms. The van der Waals surface area contributed by atoms with Gasteiger partial charge in [0.05, 0.1) is 11.1 Å². The molecule has 0 radical (unpaired) electrons. The lowest BCUT2D eigenvalue weighted by Crippen LogP contribution is -2.29. The molecule has 1 nitrogen and oxygen atoms in total. The average molecular weight is 750 g/mol. The van der Waals surface area contributed by atoms with E-state index in [-0.39, 0.29) is 5.41 Å². The fourth-order valence-corrected chi connectivity index (χ4v) is 10.8. The highest BCUT2D eigenvalue weighted by Gasteiger charge is 2.49. The van der Waals surface area contributed by atoms with Crippen molar-refractivity contribution >= 4 is 17.1 Å². The SMILES string of the molecule is CC1(C)c2ccccc2-c2ccc(N(c3ccc4c(c3)-c3ccccc3C3(c5ccccc5-4)c4ccccc4-c4ccccc43)c3ccccc3-c3c#cccc3)cc21. The van der Waals surface area contributed by atoms with Crippen LogP contribution in [0.1, 0.15) is 47.2 Å². The van der Waals surface area contributed by atoms with E-state index in [1.54, 1.807) is 0 Å². The van der Waals surface area contributed by atoms with E-state index in [4.69, 9.17) is 0 Å². The monoisotopic (exact) mass is 749 g/mol. The van der Waals surface area contributed by atoms with Gasteiger partial charge >= 0.3 is 0 Å². The van der Waals surface area contributed by atoms with Crippen LogP contribution in [0.15, 0.2) is 200 Å². The molecule has 9 aromatic carbocycles. The molecule has 0 atom stereocenters. The lowest BCUT2D eigenvalue weighted by atomic mass is 9.66. The molecule has 1 heteroatoms.